The summed E-state index contributed by atoms with van der Waals surface area (Å²) in [6.45, 7) is 8.00. The molecule has 2 aromatic rings. The van der Waals surface area contributed by atoms with Crippen LogP contribution < -0.4 is 10.2 Å². The zero-order chi connectivity index (χ0) is 14.7. The third kappa shape index (κ3) is 7.18. The Balaban J connectivity index is 0. The van der Waals surface area contributed by atoms with Crippen molar-refractivity contribution in [2.45, 2.75) is 34.1 Å². The molecule has 0 aliphatic rings. The minimum absolute atomic E-state index is 0. The Hall–Kier alpha value is -0.700. The van der Waals surface area contributed by atoms with Gasteiger partial charge in [-0.1, -0.05) is 87.4 Å². The van der Waals surface area contributed by atoms with Crippen LogP contribution in [0.1, 0.15) is 38.8 Å². The molecule has 2 nitrogen and oxygen atoms in total. The molecule has 0 N–H and O–H groups in total. The first-order valence-corrected chi connectivity index (χ1v) is 6.77. The predicted octanol–water partition coefficient (Wildman–Crippen LogP) is 3.10. The molecule has 0 aromatic heterocycles. The van der Waals surface area contributed by atoms with Gasteiger partial charge in [0, 0.05) is 0 Å². The molecule has 20 heavy (non-hydrogen) atoms. The van der Waals surface area contributed by atoms with E-state index in [1.807, 2.05) is 39.8 Å². The molecule has 2 rings (SSSR count). The van der Waals surface area contributed by atoms with Gasteiger partial charge in [0.15, 0.2) is 0 Å². The summed E-state index contributed by atoms with van der Waals surface area (Å²) in [6.07, 6.45) is 0.416. The quantitative estimate of drug-likeness (QED) is 0.800. The van der Waals surface area contributed by atoms with E-state index in [2.05, 4.69) is 0 Å². The molecule has 0 saturated heterocycles. The summed E-state index contributed by atoms with van der Waals surface area (Å²) in [5, 5.41) is 22.9. The summed E-state index contributed by atoms with van der Waals surface area (Å²) in [7, 11) is 0. The van der Waals surface area contributed by atoms with Crippen LogP contribution in [0, 0.1) is 0 Å². The molecule has 3 heteroatoms. The fourth-order valence-corrected chi connectivity index (χ4v) is 1.50. The van der Waals surface area contributed by atoms with Crippen LogP contribution in [0.5, 0.6) is 11.5 Å². The SMILES string of the molecule is CC.CC.[Ca+2].[O-]c1ccccc1Cc1ccccc1[O-]. The summed E-state index contributed by atoms with van der Waals surface area (Å²) in [6, 6.07) is 13.6. The average Bonchev–Trinajstić information content (AvgIpc) is 2.48. The molecule has 2 aromatic carbocycles. The van der Waals surface area contributed by atoms with E-state index in [4.69, 9.17) is 0 Å². The maximum absolute atomic E-state index is 11.4. The Bertz CT molecular complexity index is 427. The Morgan fingerprint density at radius 1 is 0.650 bits per heavy atom. The molecule has 104 valence electrons. The Morgan fingerprint density at radius 3 is 1.25 bits per heavy atom. The van der Waals surface area contributed by atoms with Gasteiger partial charge in [-0.2, -0.15) is 0 Å². The molecule has 0 radical (unpaired) electrons. The van der Waals surface area contributed by atoms with Crippen LogP contribution in [-0.2, 0) is 6.42 Å². The minimum Gasteiger partial charge on any atom is -0.872 e. The van der Waals surface area contributed by atoms with E-state index in [1.54, 1.807) is 24.3 Å². The second-order valence-electron chi connectivity index (χ2n) is 3.39. The Labute approximate surface area is 152 Å². The van der Waals surface area contributed by atoms with Crippen molar-refractivity contribution >= 4 is 37.7 Å². The second-order valence-corrected chi connectivity index (χ2v) is 3.39. The first-order chi connectivity index (χ1) is 9.27. The van der Waals surface area contributed by atoms with Gasteiger partial charge in [-0.05, 0) is 6.42 Å². The molecule has 0 amide bonds. The number of hydrogen-bond donors (Lipinski definition) is 0. The van der Waals surface area contributed by atoms with Crippen molar-refractivity contribution in [2.75, 3.05) is 0 Å². The van der Waals surface area contributed by atoms with E-state index in [1.165, 1.54) is 12.1 Å². The van der Waals surface area contributed by atoms with Crippen molar-refractivity contribution in [2.24, 2.45) is 0 Å². The van der Waals surface area contributed by atoms with Gasteiger partial charge >= 0.3 is 37.7 Å². The smallest absolute Gasteiger partial charge is 0.872 e. The molecular formula is C17H22CaO2. The predicted molar refractivity (Wildman–Crippen MR) is 83.0 cm³/mol. The molecule has 0 aliphatic carbocycles. The Morgan fingerprint density at radius 2 is 0.950 bits per heavy atom. The van der Waals surface area contributed by atoms with Gasteiger partial charge in [0.1, 0.15) is 0 Å². The van der Waals surface area contributed by atoms with E-state index in [9.17, 15) is 10.2 Å². The first-order valence-electron chi connectivity index (χ1n) is 6.77. The molecule has 0 atom stereocenters. The molecule has 0 bridgehead atoms. The van der Waals surface area contributed by atoms with E-state index in [0.717, 1.165) is 0 Å². The minimum atomic E-state index is -0.0132. The summed E-state index contributed by atoms with van der Waals surface area (Å²) in [4.78, 5) is 0. The van der Waals surface area contributed by atoms with Crippen LogP contribution in [0.2, 0.25) is 0 Å². The summed E-state index contributed by atoms with van der Waals surface area (Å²) in [5.74, 6) is -0.0264. The Kier molecular flexibility index (Phi) is 14.4. The van der Waals surface area contributed by atoms with Gasteiger partial charge in [-0.3, -0.25) is 0 Å². The third-order valence-electron chi connectivity index (χ3n) is 2.33. The van der Waals surface area contributed by atoms with Crippen molar-refractivity contribution in [3.05, 3.63) is 59.7 Å². The topological polar surface area (TPSA) is 46.1 Å². The standard InChI is InChI=1S/C13H12O2.2C2H6.Ca/c14-12-7-3-1-5-10(12)9-11-6-2-4-8-13(11)15;2*1-2;/h1-8,14-15H,9H2;2*1-2H3;/q;;;+2/p-2. The van der Waals surface area contributed by atoms with Gasteiger partial charge in [0.25, 0.3) is 0 Å². The van der Waals surface area contributed by atoms with Gasteiger partial charge in [-0.15, -0.1) is 11.5 Å². The number of benzene rings is 2. The van der Waals surface area contributed by atoms with Crippen molar-refractivity contribution in [1.29, 1.82) is 0 Å². The summed E-state index contributed by atoms with van der Waals surface area (Å²) >= 11 is 0. The van der Waals surface area contributed by atoms with Crippen molar-refractivity contribution in [1.82, 2.24) is 0 Å². The number of rotatable bonds is 2. The van der Waals surface area contributed by atoms with Crippen molar-refractivity contribution < 1.29 is 10.2 Å². The molecule has 0 unspecified atom stereocenters. The van der Waals surface area contributed by atoms with E-state index in [-0.39, 0.29) is 49.2 Å². The molecule has 0 saturated carbocycles. The maximum atomic E-state index is 11.4. The van der Waals surface area contributed by atoms with Crippen molar-refractivity contribution in [3.63, 3.8) is 0 Å². The molecule has 0 fully saturated rings. The molecular weight excluding hydrogens is 276 g/mol. The summed E-state index contributed by atoms with van der Waals surface area (Å²) < 4.78 is 0. The van der Waals surface area contributed by atoms with Crippen LogP contribution >= 0.6 is 0 Å². The fourth-order valence-electron chi connectivity index (χ4n) is 1.50. The van der Waals surface area contributed by atoms with Gasteiger partial charge in [0.05, 0.1) is 0 Å². The number of para-hydroxylation sites is 2. The number of hydrogen-bond acceptors (Lipinski definition) is 2. The van der Waals surface area contributed by atoms with Crippen molar-refractivity contribution in [3.8, 4) is 11.5 Å². The molecule has 0 spiro atoms. The summed E-state index contributed by atoms with van der Waals surface area (Å²) in [5.41, 5.74) is 1.33. The van der Waals surface area contributed by atoms with Crippen LogP contribution in [0.4, 0.5) is 0 Å². The maximum Gasteiger partial charge on any atom is 2.00 e. The van der Waals surface area contributed by atoms with E-state index >= 15 is 0 Å². The van der Waals surface area contributed by atoms with Crippen LogP contribution in [0.3, 0.4) is 0 Å². The monoisotopic (exact) mass is 298 g/mol. The second kappa shape index (κ2) is 13.3. The average molecular weight is 298 g/mol. The normalized spacial score (nSPS) is 8.20. The van der Waals surface area contributed by atoms with Crippen LogP contribution in [0.25, 0.3) is 0 Å². The fraction of sp³-hybridized carbons (Fsp3) is 0.294. The zero-order valence-electron chi connectivity index (χ0n) is 12.8. The van der Waals surface area contributed by atoms with E-state index in [0.29, 0.717) is 17.5 Å². The molecule has 0 heterocycles. The largest absolute Gasteiger partial charge is 2.00 e. The van der Waals surface area contributed by atoms with E-state index < -0.39 is 0 Å². The van der Waals surface area contributed by atoms with Gasteiger partial charge in [0.2, 0.25) is 0 Å². The van der Waals surface area contributed by atoms with Gasteiger partial charge in [-0.25, -0.2) is 0 Å². The van der Waals surface area contributed by atoms with Crippen LogP contribution in [-0.4, -0.2) is 37.7 Å². The molecule has 0 aliphatic heterocycles. The van der Waals surface area contributed by atoms with Crippen LogP contribution in [0.15, 0.2) is 48.5 Å². The third-order valence-corrected chi connectivity index (χ3v) is 2.33. The zero-order valence-corrected chi connectivity index (χ0v) is 15.1. The first kappa shape index (κ1) is 21.6. The van der Waals surface area contributed by atoms with Gasteiger partial charge < -0.3 is 10.2 Å².